The van der Waals surface area contributed by atoms with Gasteiger partial charge in [0.25, 0.3) is 5.91 Å². The number of hydrogen-bond acceptors (Lipinski definition) is 4. The monoisotopic (exact) mass is 297 g/mol. The van der Waals surface area contributed by atoms with Crippen LogP contribution in [0.3, 0.4) is 0 Å². The molecule has 3 rings (SSSR count). The topological polar surface area (TPSA) is 45.6 Å². The van der Waals surface area contributed by atoms with E-state index in [1.807, 2.05) is 48.7 Å². The number of aromatic nitrogens is 1. The van der Waals surface area contributed by atoms with E-state index < -0.39 is 0 Å². The normalized spacial score (nSPS) is 14.1. The number of amidine groups is 1. The zero-order valence-electron chi connectivity index (χ0n) is 11.5. The lowest BCUT2D eigenvalue weighted by Gasteiger charge is -2.17. The summed E-state index contributed by atoms with van der Waals surface area (Å²) in [5.74, 6) is 0.788. The van der Waals surface area contributed by atoms with Crippen LogP contribution in [0.4, 0.5) is 0 Å². The summed E-state index contributed by atoms with van der Waals surface area (Å²) in [7, 11) is 0. The van der Waals surface area contributed by atoms with Gasteiger partial charge < -0.3 is 0 Å². The van der Waals surface area contributed by atoms with Crippen molar-refractivity contribution >= 4 is 22.8 Å². The van der Waals surface area contributed by atoms with Crippen LogP contribution in [0.15, 0.2) is 59.9 Å². The molecule has 0 saturated carbocycles. The van der Waals surface area contributed by atoms with Crippen molar-refractivity contribution in [1.82, 2.24) is 9.88 Å². The highest BCUT2D eigenvalue weighted by Gasteiger charge is 2.24. The summed E-state index contributed by atoms with van der Waals surface area (Å²) in [6.07, 6.45) is 3.60. The molecule has 21 heavy (non-hydrogen) atoms. The maximum Gasteiger partial charge on any atom is 0.259 e. The van der Waals surface area contributed by atoms with Crippen LogP contribution in [0.1, 0.15) is 15.9 Å². The Bertz CT molecular complexity index is 643. The minimum Gasteiger partial charge on any atom is -0.286 e. The molecule has 0 atom stereocenters. The molecule has 2 heterocycles. The summed E-state index contributed by atoms with van der Waals surface area (Å²) in [6, 6.07) is 13.3. The van der Waals surface area contributed by atoms with Crippen LogP contribution in [0, 0.1) is 0 Å². The summed E-state index contributed by atoms with van der Waals surface area (Å²) < 4.78 is 0. The molecule has 0 fully saturated rings. The summed E-state index contributed by atoms with van der Waals surface area (Å²) >= 11 is 1.58. The van der Waals surface area contributed by atoms with Gasteiger partial charge in [-0.2, -0.15) is 0 Å². The predicted octanol–water partition coefficient (Wildman–Crippen LogP) is 2.83. The maximum atomic E-state index is 12.5. The molecule has 1 aliphatic heterocycles. The molecule has 4 nitrogen and oxygen atoms in total. The molecule has 5 heteroatoms. The molecule has 1 aliphatic rings. The first-order chi connectivity index (χ1) is 10.3. The summed E-state index contributed by atoms with van der Waals surface area (Å²) in [5.41, 5.74) is 1.83. The standard InChI is InChI=1S/C16H15N3OS/c20-15(14-6-2-1-3-7-14)19-10-9-18-16(19)21-12-13-5-4-8-17-11-13/h1-8,11H,9-10,12H2. The Balaban J connectivity index is 1.67. The number of carbonyl (C=O) groups is 1. The molecular weight excluding hydrogens is 282 g/mol. The van der Waals surface area contributed by atoms with E-state index in [-0.39, 0.29) is 5.91 Å². The van der Waals surface area contributed by atoms with E-state index in [1.54, 1.807) is 22.9 Å². The fourth-order valence-corrected chi connectivity index (χ4v) is 3.09. The van der Waals surface area contributed by atoms with Crippen LogP contribution in [0.2, 0.25) is 0 Å². The SMILES string of the molecule is O=C(c1ccccc1)N1CCN=C1SCc1cccnc1. The molecule has 106 valence electrons. The fourth-order valence-electron chi connectivity index (χ4n) is 2.11. The first-order valence-corrected chi connectivity index (χ1v) is 7.76. The van der Waals surface area contributed by atoms with Crippen molar-refractivity contribution < 1.29 is 4.79 Å². The third kappa shape index (κ3) is 3.31. The second kappa shape index (κ2) is 6.54. The second-order valence-electron chi connectivity index (χ2n) is 4.64. The number of rotatable bonds is 3. The van der Waals surface area contributed by atoms with Gasteiger partial charge >= 0.3 is 0 Å². The van der Waals surface area contributed by atoms with Gasteiger partial charge in [-0.05, 0) is 23.8 Å². The largest absolute Gasteiger partial charge is 0.286 e. The zero-order chi connectivity index (χ0) is 14.5. The Morgan fingerprint density at radius 1 is 1.19 bits per heavy atom. The number of benzene rings is 1. The molecule has 0 unspecified atom stereocenters. The quantitative estimate of drug-likeness (QED) is 0.875. The minimum absolute atomic E-state index is 0.0190. The van der Waals surface area contributed by atoms with Crippen LogP contribution in [0.25, 0.3) is 0 Å². The highest BCUT2D eigenvalue weighted by atomic mass is 32.2. The average molecular weight is 297 g/mol. The van der Waals surface area contributed by atoms with Crippen LogP contribution in [-0.4, -0.2) is 34.0 Å². The van der Waals surface area contributed by atoms with E-state index in [0.717, 1.165) is 16.5 Å². The van der Waals surface area contributed by atoms with Crippen LogP contribution in [0.5, 0.6) is 0 Å². The Morgan fingerprint density at radius 2 is 2.05 bits per heavy atom. The molecule has 0 spiro atoms. The Kier molecular flexibility index (Phi) is 4.31. The Labute approximate surface area is 127 Å². The van der Waals surface area contributed by atoms with Gasteiger partial charge in [-0.25, -0.2) is 0 Å². The molecule has 0 aliphatic carbocycles. The number of carbonyl (C=O) groups excluding carboxylic acids is 1. The number of hydrogen-bond donors (Lipinski definition) is 0. The van der Waals surface area contributed by atoms with Crippen molar-refractivity contribution in [3.05, 3.63) is 66.0 Å². The van der Waals surface area contributed by atoms with Crippen molar-refractivity contribution in [3.8, 4) is 0 Å². The van der Waals surface area contributed by atoms with Crippen molar-refractivity contribution in [1.29, 1.82) is 0 Å². The summed E-state index contributed by atoms with van der Waals surface area (Å²) in [4.78, 5) is 22.8. The third-order valence-electron chi connectivity index (χ3n) is 3.16. The van der Waals surface area contributed by atoms with Crippen LogP contribution >= 0.6 is 11.8 Å². The molecule has 2 aromatic rings. The van der Waals surface area contributed by atoms with Gasteiger partial charge in [0.1, 0.15) is 0 Å². The van der Waals surface area contributed by atoms with Crippen LogP contribution in [-0.2, 0) is 5.75 Å². The van der Waals surface area contributed by atoms with Gasteiger partial charge in [-0.15, -0.1) is 0 Å². The molecule has 0 bridgehead atoms. The van der Waals surface area contributed by atoms with E-state index in [1.165, 1.54) is 0 Å². The maximum absolute atomic E-state index is 12.5. The lowest BCUT2D eigenvalue weighted by atomic mass is 10.2. The van der Waals surface area contributed by atoms with Gasteiger partial charge in [0.05, 0.1) is 6.54 Å². The zero-order valence-corrected chi connectivity index (χ0v) is 12.3. The molecule has 0 N–H and O–H groups in total. The number of nitrogens with zero attached hydrogens (tertiary/aromatic N) is 3. The fraction of sp³-hybridized carbons (Fsp3) is 0.188. The first kappa shape index (κ1) is 13.8. The van der Waals surface area contributed by atoms with E-state index in [2.05, 4.69) is 9.98 Å². The predicted molar refractivity (Wildman–Crippen MR) is 85.3 cm³/mol. The van der Waals surface area contributed by atoms with Gasteiger partial charge in [0.2, 0.25) is 0 Å². The van der Waals surface area contributed by atoms with Crippen molar-refractivity contribution in [3.63, 3.8) is 0 Å². The molecular formula is C16H15N3OS. The molecule has 1 aromatic heterocycles. The van der Waals surface area contributed by atoms with E-state index in [4.69, 9.17) is 0 Å². The van der Waals surface area contributed by atoms with Crippen molar-refractivity contribution in [2.24, 2.45) is 4.99 Å². The van der Waals surface area contributed by atoms with E-state index in [0.29, 0.717) is 18.7 Å². The highest BCUT2D eigenvalue weighted by Crippen LogP contribution is 2.20. The molecule has 1 aromatic carbocycles. The Hall–Kier alpha value is -2.14. The molecule has 1 amide bonds. The Morgan fingerprint density at radius 3 is 2.81 bits per heavy atom. The number of amides is 1. The van der Waals surface area contributed by atoms with Crippen molar-refractivity contribution in [2.45, 2.75) is 5.75 Å². The lowest BCUT2D eigenvalue weighted by molar-refractivity contribution is 0.0860. The number of pyridine rings is 1. The second-order valence-corrected chi connectivity index (χ2v) is 5.58. The third-order valence-corrected chi connectivity index (χ3v) is 4.24. The van der Waals surface area contributed by atoms with E-state index >= 15 is 0 Å². The van der Waals surface area contributed by atoms with Gasteiger partial charge in [0, 0.05) is 30.3 Å². The first-order valence-electron chi connectivity index (χ1n) is 6.77. The minimum atomic E-state index is 0.0190. The van der Waals surface area contributed by atoms with Gasteiger partial charge in [0.15, 0.2) is 5.17 Å². The molecule has 0 saturated heterocycles. The average Bonchev–Trinajstić information content (AvgIpc) is 3.02. The number of thioether (sulfide) groups is 1. The van der Waals surface area contributed by atoms with Crippen LogP contribution < -0.4 is 0 Å². The lowest BCUT2D eigenvalue weighted by Crippen LogP contribution is -2.32. The summed E-state index contributed by atoms with van der Waals surface area (Å²) in [5, 5.41) is 0.799. The summed E-state index contributed by atoms with van der Waals surface area (Å²) in [6.45, 7) is 1.33. The van der Waals surface area contributed by atoms with Crippen molar-refractivity contribution in [2.75, 3.05) is 13.1 Å². The smallest absolute Gasteiger partial charge is 0.259 e. The molecule has 0 radical (unpaired) electrons. The highest BCUT2D eigenvalue weighted by molar-refractivity contribution is 8.13. The van der Waals surface area contributed by atoms with Gasteiger partial charge in [-0.1, -0.05) is 36.0 Å². The van der Waals surface area contributed by atoms with E-state index in [9.17, 15) is 4.79 Å². The number of aliphatic imine (C=N–C) groups is 1. The van der Waals surface area contributed by atoms with Gasteiger partial charge in [-0.3, -0.25) is 19.7 Å².